The van der Waals surface area contributed by atoms with Crippen LogP contribution < -0.4 is 14.8 Å². The Labute approximate surface area is 154 Å². The Balaban J connectivity index is 1.80. The molecule has 0 aromatic heterocycles. The van der Waals surface area contributed by atoms with E-state index in [-0.39, 0.29) is 23.4 Å². The van der Waals surface area contributed by atoms with E-state index in [4.69, 9.17) is 9.47 Å². The zero-order valence-corrected chi connectivity index (χ0v) is 16.0. The summed E-state index contributed by atoms with van der Waals surface area (Å²) < 4.78 is 38.4. The molecule has 1 amide bonds. The highest BCUT2D eigenvalue weighted by atomic mass is 32.2. The number of fused-ring (bicyclic) bond motifs is 1. The average Bonchev–Trinajstić information content (AvgIpc) is 3.41. The highest BCUT2D eigenvalue weighted by molar-refractivity contribution is 7.89. The average molecular weight is 382 g/mol. The smallest absolute Gasteiger partial charge is 0.243 e. The molecule has 144 valence electrons. The van der Waals surface area contributed by atoms with Gasteiger partial charge in [-0.15, -0.1) is 0 Å². The molecule has 0 atom stereocenters. The maximum absolute atomic E-state index is 13.1. The van der Waals surface area contributed by atoms with Crippen LogP contribution in [0, 0.1) is 5.92 Å². The van der Waals surface area contributed by atoms with Gasteiger partial charge in [0, 0.05) is 18.7 Å². The molecule has 1 saturated carbocycles. The quantitative estimate of drug-likeness (QED) is 0.741. The molecule has 1 aromatic rings. The van der Waals surface area contributed by atoms with Gasteiger partial charge in [0.2, 0.25) is 15.9 Å². The molecule has 2 aliphatic rings. The van der Waals surface area contributed by atoms with E-state index in [9.17, 15) is 13.2 Å². The second-order valence-electron chi connectivity index (χ2n) is 7.17. The van der Waals surface area contributed by atoms with Gasteiger partial charge in [-0.3, -0.25) is 4.79 Å². The van der Waals surface area contributed by atoms with Crippen molar-refractivity contribution in [1.29, 1.82) is 0 Å². The Morgan fingerprint density at radius 3 is 2.58 bits per heavy atom. The molecule has 0 saturated heterocycles. The molecular weight excluding hydrogens is 356 g/mol. The van der Waals surface area contributed by atoms with Gasteiger partial charge in [-0.2, -0.15) is 4.31 Å². The van der Waals surface area contributed by atoms with Crippen molar-refractivity contribution in [2.45, 2.75) is 44.0 Å². The van der Waals surface area contributed by atoms with Crippen LogP contribution in [0.15, 0.2) is 23.1 Å². The molecule has 1 aliphatic heterocycles. The van der Waals surface area contributed by atoms with Gasteiger partial charge < -0.3 is 14.8 Å². The predicted molar refractivity (Wildman–Crippen MR) is 96.8 cm³/mol. The number of hydrogen-bond acceptors (Lipinski definition) is 5. The number of nitrogens with zero attached hydrogens (tertiary/aromatic N) is 1. The Bertz CT molecular complexity index is 759. The highest BCUT2D eigenvalue weighted by Gasteiger charge is 2.30. The summed E-state index contributed by atoms with van der Waals surface area (Å²) in [6, 6.07) is 4.79. The molecule has 1 N–H and O–H groups in total. The number of benzene rings is 1. The molecule has 0 bridgehead atoms. The largest absolute Gasteiger partial charge is 0.486 e. The van der Waals surface area contributed by atoms with Gasteiger partial charge in [0.25, 0.3) is 0 Å². The highest BCUT2D eigenvalue weighted by Crippen LogP contribution is 2.33. The molecule has 1 fully saturated rings. The lowest BCUT2D eigenvalue weighted by Gasteiger charge is -2.24. The van der Waals surface area contributed by atoms with Gasteiger partial charge in [0.1, 0.15) is 13.2 Å². The zero-order valence-electron chi connectivity index (χ0n) is 15.2. The van der Waals surface area contributed by atoms with Gasteiger partial charge in [-0.1, -0.05) is 13.8 Å². The summed E-state index contributed by atoms with van der Waals surface area (Å²) in [5.41, 5.74) is 0. The summed E-state index contributed by atoms with van der Waals surface area (Å²) in [4.78, 5) is 12.3. The third-order valence-electron chi connectivity index (χ3n) is 4.37. The van der Waals surface area contributed by atoms with Crippen molar-refractivity contribution in [1.82, 2.24) is 9.62 Å². The fourth-order valence-electron chi connectivity index (χ4n) is 2.68. The van der Waals surface area contributed by atoms with Crippen LogP contribution in [0.4, 0.5) is 0 Å². The zero-order chi connectivity index (χ0) is 18.7. The van der Waals surface area contributed by atoms with E-state index in [2.05, 4.69) is 5.32 Å². The second kappa shape index (κ2) is 7.84. The first-order valence-corrected chi connectivity index (χ1v) is 10.5. The van der Waals surface area contributed by atoms with Crippen molar-refractivity contribution in [3.05, 3.63) is 18.2 Å². The van der Waals surface area contributed by atoms with Gasteiger partial charge in [0.05, 0.1) is 11.4 Å². The van der Waals surface area contributed by atoms with Crippen molar-refractivity contribution in [2.75, 3.05) is 26.3 Å². The van der Waals surface area contributed by atoms with Crippen molar-refractivity contribution in [3.63, 3.8) is 0 Å². The standard InChI is InChI=1S/C18H26N2O5S/c1-13(2)7-8-20(12-18(21)19-14-3-4-14)26(22,23)15-5-6-16-17(11-15)25-10-9-24-16/h5-6,11,13-14H,3-4,7-10,12H2,1-2H3,(H,19,21). The van der Waals surface area contributed by atoms with Crippen LogP contribution in [0.3, 0.4) is 0 Å². The predicted octanol–water partition coefficient (Wildman–Crippen LogP) is 1.77. The van der Waals surface area contributed by atoms with E-state index in [1.165, 1.54) is 16.4 Å². The molecule has 7 nitrogen and oxygen atoms in total. The van der Waals surface area contributed by atoms with Gasteiger partial charge >= 0.3 is 0 Å². The fraction of sp³-hybridized carbons (Fsp3) is 0.611. The Kier molecular flexibility index (Phi) is 5.72. The number of nitrogens with one attached hydrogen (secondary N) is 1. The van der Waals surface area contributed by atoms with E-state index in [0.29, 0.717) is 43.6 Å². The first kappa shape index (κ1) is 19.0. The molecular formula is C18H26N2O5S. The van der Waals surface area contributed by atoms with Crippen molar-refractivity contribution >= 4 is 15.9 Å². The topological polar surface area (TPSA) is 84.9 Å². The minimum atomic E-state index is -3.80. The minimum absolute atomic E-state index is 0.115. The van der Waals surface area contributed by atoms with Crippen LogP contribution in [0.1, 0.15) is 33.1 Å². The number of rotatable bonds is 8. The molecule has 0 spiro atoms. The monoisotopic (exact) mass is 382 g/mol. The van der Waals surface area contributed by atoms with E-state index in [1.807, 2.05) is 13.8 Å². The summed E-state index contributed by atoms with van der Waals surface area (Å²) >= 11 is 0. The number of hydrogen-bond donors (Lipinski definition) is 1. The van der Waals surface area contributed by atoms with E-state index >= 15 is 0 Å². The van der Waals surface area contributed by atoms with E-state index in [0.717, 1.165) is 12.8 Å². The number of amides is 1. The van der Waals surface area contributed by atoms with Crippen molar-refractivity contribution in [2.24, 2.45) is 5.92 Å². The third kappa shape index (κ3) is 4.67. The lowest BCUT2D eigenvalue weighted by Crippen LogP contribution is -2.42. The number of ether oxygens (including phenoxy) is 2. The van der Waals surface area contributed by atoms with Crippen LogP contribution in [0.5, 0.6) is 11.5 Å². The summed E-state index contributed by atoms with van der Waals surface area (Å²) in [6.07, 6.45) is 2.61. The first-order chi connectivity index (χ1) is 12.4. The summed E-state index contributed by atoms with van der Waals surface area (Å²) in [7, 11) is -3.80. The van der Waals surface area contributed by atoms with Gasteiger partial charge in [-0.05, 0) is 37.3 Å². The van der Waals surface area contributed by atoms with Crippen molar-refractivity contribution in [3.8, 4) is 11.5 Å². The Morgan fingerprint density at radius 1 is 1.23 bits per heavy atom. The van der Waals surface area contributed by atoms with Gasteiger partial charge in [-0.25, -0.2) is 8.42 Å². The SMILES string of the molecule is CC(C)CCN(CC(=O)NC1CC1)S(=O)(=O)c1ccc2c(c1)OCCO2. The fourth-order valence-corrected chi connectivity index (χ4v) is 4.11. The van der Waals surface area contributed by atoms with Crippen LogP contribution in [-0.2, 0) is 14.8 Å². The molecule has 3 rings (SSSR count). The van der Waals surface area contributed by atoms with Gasteiger partial charge in [0.15, 0.2) is 11.5 Å². The van der Waals surface area contributed by atoms with Crippen LogP contribution in [0.25, 0.3) is 0 Å². The number of carbonyl (C=O) groups is 1. The first-order valence-electron chi connectivity index (χ1n) is 9.05. The molecule has 26 heavy (non-hydrogen) atoms. The summed E-state index contributed by atoms with van der Waals surface area (Å²) in [5, 5.41) is 2.86. The van der Waals surface area contributed by atoms with Crippen LogP contribution in [0.2, 0.25) is 0 Å². The molecule has 0 radical (unpaired) electrons. The van der Waals surface area contributed by atoms with Crippen molar-refractivity contribution < 1.29 is 22.7 Å². The second-order valence-corrected chi connectivity index (χ2v) is 9.11. The molecule has 1 heterocycles. The lowest BCUT2D eigenvalue weighted by atomic mass is 10.1. The Morgan fingerprint density at radius 2 is 1.92 bits per heavy atom. The number of carbonyl (C=O) groups excluding carboxylic acids is 1. The summed E-state index contributed by atoms with van der Waals surface area (Å²) in [6.45, 7) is 5.02. The summed E-state index contributed by atoms with van der Waals surface area (Å²) in [5.74, 6) is 1.04. The minimum Gasteiger partial charge on any atom is -0.486 e. The molecule has 1 aliphatic carbocycles. The molecule has 0 unspecified atom stereocenters. The van der Waals surface area contributed by atoms with E-state index in [1.54, 1.807) is 6.07 Å². The normalized spacial score (nSPS) is 16.8. The third-order valence-corrected chi connectivity index (χ3v) is 6.21. The molecule has 8 heteroatoms. The van der Waals surface area contributed by atoms with Crippen LogP contribution in [-0.4, -0.2) is 51.0 Å². The maximum Gasteiger partial charge on any atom is 0.243 e. The lowest BCUT2D eigenvalue weighted by molar-refractivity contribution is -0.121. The molecule has 1 aromatic carbocycles. The maximum atomic E-state index is 13.1. The van der Waals surface area contributed by atoms with Crippen LogP contribution >= 0.6 is 0 Å². The van der Waals surface area contributed by atoms with E-state index < -0.39 is 10.0 Å². The Hall–Kier alpha value is -1.80. The number of sulfonamides is 1.